The lowest BCUT2D eigenvalue weighted by atomic mass is 9.86. The van der Waals surface area contributed by atoms with E-state index in [4.69, 9.17) is 0 Å². The van der Waals surface area contributed by atoms with Crippen LogP contribution in [0.1, 0.15) is 68.6 Å². The van der Waals surface area contributed by atoms with E-state index in [2.05, 4.69) is 25.1 Å². The van der Waals surface area contributed by atoms with Gasteiger partial charge in [0.2, 0.25) is 0 Å². The summed E-state index contributed by atoms with van der Waals surface area (Å²) in [5.41, 5.74) is 5.00. The van der Waals surface area contributed by atoms with Gasteiger partial charge in [0, 0.05) is 0 Å². The standard InChI is InChI=1S/C17H26/c1-2-3-4-5-6-10-15-12-9-13-16-11-7-8-14-17(15)16/h9,12-13H,2-8,10-11,14H2,1H3. The summed E-state index contributed by atoms with van der Waals surface area (Å²) in [6.07, 6.45) is 13.7. The number of fused-ring (bicyclic) bond motifs is 1. The first-order valence-electron chi connectivity index (χ1n) is 7.51. The fourth-order valence-electron chi connectivity index (χ4n) is 3.01. The lowest BCUT2D eigenvalue weighted by Gasteiger charge is -2.19. The first kappa shape index (κ1) is 12.7. The molecule has 17 heavy (non-hydrogen) atoms. The summed E-state index contributed by atoms with van der Waals surface area (Å²) in [4.78, 5) is 0. The van der Waals surface area contributed by atoms with Gasteiger partial charge in [0.05, 0.1) is 0 Å². The van der Waals surface area contributed by atoms with Gasteiger partial charge in [-0.1, -0.05) is 50.8 Å². The molecule has 0 saturated heterocycles. The van der Waals surface area contributed by atoms with Gasteiger partial charge in [0.1, 0.15) is 0 Å². The van der Waals surface area contributed by atoms with Crippen molar-refractivity contribution in [1.29, 1.82) is 0 Å². The second kappa shape index (κ2) is 6.83. The van der Waals surface area contributed by atoms with Gasteiger partial charge in [-0.3, -0.25) is 0 Å². The van der Waals surface area contributed by atoms with Crippen LogP contribution in [0.15, 0.2) is 18.2 Å². The van der Waals surface area contributed by atoms with Gasteiger partial charge in [-0.15, -0.1) is 0 Å². The second-order valence-corrected chi connectivity index (χ2v) is 5.43. The molecule has 0 spiro atoms. The summed E-state index contributed by atoms with van der Waals surface area (Å²) in [5, 5.41) is 0. The molecular weight excluding hydrogens is 204 g/mol. The van der Waals surface area contributed by atoms with E-state index in [1.807, 2.05) is 0 Å². The second-order valence-electron chi connectivity index (χ2n) is 5.43. The lowest BCUT2D eigenvalue weighted by Crippen LogP contribution is -2.06. The van der Waals surface area contributed by atoms with Crippen molar-refractivity contribution in [2.24, 2.45) is 0 Å². The Kier molecular flexibility index (Phi) is 5.09. The molecule has 0 N–H and O–H groups in total. The summed E-state index contributed by atoms with van der Waals surface area (Å²) in [5.74, 6) is 0. The average molecular weight is 230 g/mol. The number of hydrogen-bond donors (Lipinski definition) is 0. The Bertz CT molecular complexity index is 338. The predicted octanol–water partition coefficient (Wildman–Crippen LogP) is 5.08. The smallest absolute Gasteiger partial charge is 0.0273 e. The van der Waals surface area contributed by atoms with Crippen LogP contribution in [-0.2, 0) is 19.3 Å². The van der Waals surface area contributed by atoms with E-state index >= 15 is 0 Å². The molecule has 0 nitrogen and oxygen atoms in total. The maximum absolute atomic E-state index is 2.37. The maximum atomic E-state index is 2.37. The molecule has 0 radical (unpaired) electrons. The minimum Gasteiger partial charge on any atom is -0.0654 e. The number of benzene rings is 1. The number of aryl methyl sites for hydroxylation is 2. The zero-order valence-electron chi connectivity index (χ0n) is 11.3. The Hall–Kier alpha value is -0.780. The first-order chi connectivity index (χ1) is 8.42. The number of rotatable bonds is 6. The molecule has 0 unspecified atom stereocenters. The highest BCUT2D eigenvalue weighted by atomic mass is 14.2. The van der Waals surface area contributed by atoms with Crippen LogP contribution in [0.25, 0.3) is 0 Å². The molecule has 0 saturated carbocycles. The first-order valence-corrected chi connectivity index (χ1v) is 7.51. The molecule has 0 aromatic heterocycles. The van der Waals surface area contributed by atoms with Gasteiger partial charge in [0.25, 0.3) is 0 Å². The van der Waals surface area contributed by atoms with Crippen LogP contribution >= 0.6 is 0 Å². The summed E-state index contributed by atoms with van der Waals surface area (Å²) in [6, 6.07) is 6.98. The summed E-state index contributed by atoms with van der Waals surface area (Å²) in [7, 11) is 0. The molecule has 0 atom stereocenters. The van der Waals surface area contributed by atoms with Gasteiger partial charge < -0.3 is 0 Å². The molecule has 1 aromatic rings. The molecule has 2 rings (SSSR count). The largest absolute Gasteiger partial charge is 0.0654 e. The van der Waals surface area contributed by atoms with E-state index in [0.717, 1.165) is 0 Å². The number of unbranched alkanes of at least 4 members (excludes halogenated alkanes) is 4. The van der Waals surface area contributed by atoms with Gasteiger partial charge in [-0.25, -0.2) is 0 Å². The Morgan fingerprint density at radius 2 is 1.76 bits per heavy atom. The Balaban J connectivity index is 1.87. The van der Waals surface area contributed by atoms with E-state index in [9.17, 15) is 0 Å². The van der Waals surface area contributed by atoms with Crippen molar-refractivity contribution in [2.45, 2.75) is 71.1 Å². The van der Waals surface area contributed by atoms with Crippen LogP contribution in [0.4, 0.5) is 0 Å². The Labute approximate surface area is 106 Å². The third-order valence-electron chi connectivity index (χ3n) is 4.04. The van der Waals surface area contributed by atoms with E-state index in [0.29, 0.717) is 0 Å². The molecular formula is C17H26. The van der Waals surface area contributed by atoms with Crippen LogP contribution in [-0.4, -0.2) is 0 Å². The Morgan fingerprint density at radius 3 is 2.65 bits per heavy atom. The highest BCUT2D eigenvalue weighted by Gasteiger charge is 2.11. The topological polar surface area (TPSA) is 0 Å². The zero-order chi connectivity index (χ0) is 11.9. The molecule has 1 aliphatic rings. The molecule has 0 aliphatic heterocycles. The van der Waals surface area contributed by atoms with Crippen LogP contribution < -0.4 is 0 Å². The van der Waals surface area contributed by atoms with Crippen LogP contribution in [0.3, 0.4) is 0 Å². The molecule has 1 aromatic carbocycles. The molecule has 0 amide bonds. The molecule has 0 heteroatoms. The lowest BCUT2D eigenvalue weighted by molar-refractivity contribution is 0.624. The quantitative estimate of drug-likeness (QED) is 0.598. The highest BCUT2D eigenvalue weighted by Crippen LogP contribution is 2.25. The minimum absolute atomic E-state index is 1.31. The SMILES string of the molecule is CCCCCCCc1cccc2c1CCCC2. The van der Waals surface area contributed by atoms with Gasteiger partial charge in [-0.05, 0) is 55.2 Å². The fourth-order valence-corrected chi connectivity index (χ4v) is 3.01. The molecule has 0 bridgehead atoms. The van der Waals surface area contributed by atoms with Crippen molar-refractivity contribution in [2.75, 3.05) is 0 Å². The molecule has 1 aliphatic carbocycles. The third kappa shape index (κ3) is 3.59. The highest BCUT2D eigenvalue weighted by molar-refractivity contribution is 5.37. The van der Waals surface area contributed by atoms with Crippen LogP contribution in [0.2, 0.25) is 0 Å². The van der Waals surface area contributed by atoms with E-state index in [1.165, 1.54) is 64.2 Å². The molecule has 0 fully saturated rings. The molecule has 0 heterocycles. The third-order valence-corrected chi connectivity index (χ3v) is 4.04. The normalized spacial score (nSPS) is 14.6. The summed E-state index contributed by atoms with van der Waals surface area (Å²) < 4.78 is 0. The molecule has 94 valence electrons. The Morgan fingerprint density at radius 1 is 0.941 bits per heavy atom. The van der Waals surface area contributed by atoms with Crippen molar-refractivity contribution < 1.29 is 0 Å². The van der Waals surface area contributed by atoms with Crippen molar-refractivity contribution in [3.8, 4) is 0 Å². The van der Waals surface area contributed by atoms with E-state index in [-0.39, 0.29) is 0 Å². The van der Waals surface area contributed by atoms with Gasteiger partial charge in [-0.2, -0.15) is 0 Å². The van der Waals surface area contributed by atoms with E-state index < -0.39 is 0 Å². The zero-order valence-corrected chi connectivity index (χ0v) is 11.3. The van der Waals surface area contributed by atoms with Crippen molar-refractivity contribution in [3.63, 3.8) is 0 Å². The van der Waals surface area contributed by atoms with Gasteiger partial charge >= 0.3 is 0 Å². The minimum atomic E-state index is 1.31. The van der Waals surface area contributed by atoms with Crippen LogP contribution in [0.5, 0.6) is 0 Å². The summed E-state index contributed by atoms with van der Waals surface area (Å²) in [6.45, 7) is 2.29. The van der Waals surface area contributed by atoms with Crippen molar-refractivity contribution in [3.05, 3.63) is 34.9 Å². The summed E-state index contributed by atoms with van der Waals surface area (Å²) >= 11 is 0. The van der Waals surface area contributed by atoms with Crippen LogP contribution in [0, 0.1) is 0 Å². The maximum Gasteiger partial charge on any atom is -0.0273 e. The monoisotopic (exact) mass is 230 g/mol. The van der Waals surface area contributed by atoms with E-state index in [1.54, 1.807) is 16.7 Å². The van der Waals surface area contributed by atoms with Crippen molar-refractivity contribution in [1.82, 2.24) is 0 Å². The van der Waals surface area contributed by atoms with Crippen molar-refractivity contribution >= 4 is 0 Å². The van der Waals surface area contributed by atoms with Gasteiger partial charge in [0.15, 0.2) is 0 Å². The number of hydrogen-bond acceptors (Lipinski definition) is 0. The predicted molar refractivity (Wildman–Crippen MR) is 75.5 cm³/mol. The average Bonchev–Trinajstić information content (AvgIpc) is 2.39. The fraction of sp³-hybridized carbons (Fsp3) is 0.647.